The summed E-state index contributed by atoms with van der Waals surface area (Å²) in [5, 5.41) is 20.4. The van der Waals surface area contributed by atoms with Crippen LogP contribution in [0.5, 0.6) is 0 Å². The van der Waals surface area contributed by atoms with Crippen molar-refractivity contribution in [2.75, 3.05) is 6.61 Å². The molecule has 0 aromatic rings. The number of carbonyl (C=O) groups is 2. The molecule has 0 aromatic carbocycles. The summed E-state index contributed by atoms with van der Waals surface area (Å²) >= 11 is 0. The lowest BCUT2D eigenvalue weighted by Gasteiger charge is -2.54. The molecule has 16 aliphatic heterocycles. The highest BCUT2D eigenvalue weighted by Gasteiger charge is 2.70. The van der Waals surface area contributed by atoms with Gasteiger partial charge in [0, 0.05) is 83.2 Å². The van der Waals surface area contributed by atoms with Gasteiger partial charge in [-0.05, 0) is 73.8 Å². The van der Waals surface area contributed by atoms with Crippen molar-refractivity contribution < 1.29 is 90.9 Å². The summed E-state index contributed by atoms with van der Waals surface area (Å²) in [6.07, 6.45) is 2.59. The van der Waals surface area contributed by atoms with E-state index in [1.807, 2.05) is 0 Å². The van der Waals surface area contributed by atoms with E-state index in [-0.39, 0.29) is 159 Å². The summed E-state index contributed by atoms with van der Waals surface area (Å²) in [5.74, 6) is -3.05. The van der Waals surface area contributed by atoms with E-state index in [1.165, 1.54) is 0 Å². The van der Waals surface area contributed by atoms with E-state index >= 15 is 0 Å². The van der Waals surface area contributed by atoms with Gasteiger partial charge in [-0.3, -0.25) is 9.59 Å². The SMILES string of the molecule is C=C1C[C@H]2CC[C@]34C[C@H]5O[C@@H]6[C@@H](O[C@@H]7CC[C@H](CC(=O)O[C@@H]8[C@H](C)[C@@H]9O[C@@H]%10C[C@]%11(C[C@@H]%12O[C@]%13(C[C@@H](C)[C@H]%12O%11)C[C@H](C)[C@H]%11O[C@H](CC(=O)CCO)[C@@H](O)C[C@@H]%11O%13)O[C@@H]%10C[C@@H]9O[C@H]8C[C@H]8O[C@@H](CC[C@H]1O2)C[C@@H](C)C8=C)O[C@@H]7[C@@H]6O3)[C@H]5O4. The molecule has 80 heavy (non-hydrogen) atoms. The number of aliphatic hydroxyl groups is 2. The number of esters is 1. The summed E-state index contributed by atoms with van der Waals surface area (Å²) in [7, 11) is 0. The molecule has 0 radical (unpaired) electrons. The zero-order valence-corrected chi connectivity index (χ0v) is 47.1. The maximum absolute atomic E-state index is 14.6. The van der Waals surface area contributed by atoms with Gasteiger partial charge in [0.1, 0.15) is 42.4 Å². The molecule has 444 valence electrons. The normalized spacial score (nSPS) is 56.9. The molecule has 16 heterocycles. The molecule has 31 atom stereocenters. The second-order valence-corrected chi connectivity index (χ2v) is 27.7. The van der Waals surface area contributed by atoms with Gasteiger partial charge < -0.3 is 81.3 Å². The third-order valence-corrected chi connectivity index (χ3v) is 22.0. The Labute approximate surface area is 469 Å². The number of hydrogen-bond donors (Lipinski definition) is 2. The molecule has 2 N–H and O–H groups in total. The average Bonchev–Trinajstić information content (AvgIpc) is 4.27. The molecule has 16 fully saturated rings. The number of ketones is 1. The van der Waals surface area contributed by atoms with E-state index < -0.39 is 66.2 Å². The maximum atomic E-state index is 14.6. The van der Waals surface area contributed by atoms with E-state index in [2.05, 4.69) is 40.9 Å². The second kappa shape index (κ2) is 20.6. The monoisotopic (exact) mass is 1120 g/mol. The van der Waals surface area contributed by atoms with Crippen LogP contribution >= 0.6 is 0 Å². The van der Waals surface area contributed by atoms with Gasteiger partial charge >= 0.3 is 5.97 Å². The fourth-order valence-electron chi connectivity index (χ4n) is 18.3. The van der Waals surface area contributed by atoms with Crippen molar-refractivity contribution in [1.82, 2.24) is 0 Å². The molecular weight excluding hydrogens is 1040 g/mol. The summed E-state index contributed by atoms with van der Waals surface area (Å²) in [4.78, 5) is 27.0. The van der Waals surface area contributed by atoms with Gasteiger partial charge in [-0.25, -0.2) is 0 Å². The molecule has 0 aliphatic carbocycles. The summed E-state index contributed by atoms with van der Waals surface area (Å²) in [6, 6.07) is 0. The zero-order chi connectivity index (χ0) is 54.7. The van der Waals surface area contributed by atoms with E-state index in [4.69, 9.17) is 71.1 Å². The van der Waals surface area contributed by atoms with Crippen LogP contribution in [0.25, 0.3) is 0 Å². The number of ether oxygens (including phenoxy) is 15. The molecule has 16 aliphatic rings. The molecule has 0 amide bonds. The highest BCUT2D eigenvalue weighted by atomic mass is 16.8. The Bertz CT molecular complexity index is 2410. The second-order valence-electron chi connectivity index (χ2n) is 27.7. The minimum Gasteiger partial charge on any atom is -0.459 e. The smallest absolute Gasteiger partial charge is 0.308 e. The molecule has 16 saturated heterocycles. The quantitative estimate of drug-likeness (QED) is 0.262. The van der Waals surface area contributed by atoms with Crippen LogP contribution in [0.15, 0.2) is 24.3 Å². The summed E-state index contributed by atoms with van der Waals surface area (Å²) in [6.45, 7) is 17.6. The van der Waals surface area contributed by atoms with Gasteiger partial charge in [0.2, 0.25) is 0 Å². The van der Waals surface area contributed by atoms with Crippen LogP contribution < -0.4 is 0 Å². The molecular formula is C61H86O19. The van der Waals surface area contributed by atoms with Crippen LogP contribution in [0.1, 0.15) is 150 Å². The van der Waals surface area contributed by atoms with Crippen molar-refractivity contribution in [1.29, 1.82) is 0 Å². The fourth-order valence-corrected chi connectivity index (χ4v) is 18.3. The predicted molar refractivity (Wildman–Crippen MR) is 277 cm³/mol. The Kier molecular flexibility index (Phi) is 14.0. The zero-order valence-electron chi connectivity index (χ0n) is 47.1. The first-order valence-corrected chi connectivity index (χ1v) is 31.2. The number of Topliss-reactive ketones (excluding diaryl/α,β-unsaturated/α-hetero) is 1. The lowest BCUT2D eigenvalue weighted by molar-refractivity contribution is -0.371. The number of carbonyl (C=O) groups excluding carboxylic acids is 2. The number of hydrogen-bond acceptors (Lipinski definition) is 19. The van der Waals surface area contributed by atoms with Gasteiger partial charge in [-0.1, -0.05) is 40.9 Å². The van der Waals surface area contributed by atoms with Gasteiger partial charge in [-0.15, -0.1) is 0 Å². The van der Waals surface area contributed by atoms with Gasteiger partial charge in [-0.2, -0.15) is 0 Å². The third kappa shape index (κ3) is 9.51. The average molecular weight is 1120 g/mol. The van der Waals surface area contributed by atoms with Gasteiger partial charge in [0.25, 0.3) is 0 Å². The Hall–Kier alpha value is -2.02. The maximum Gasteiger partial charge on any atom is 0.308 e. The van der Waals surface area contributed by atoms with Crippen LogP contribution in [-0.2, 0) is 80.6 Å². The van der Waals surface area contributed by atoms with Crippen molar-refractivity contribution >= 4 is 11.8 Å². The van der Waals surface area contributed by atoms with Crippen LogP contribution in [0.2, 0.25) is 0 Å². The van der Waals surface area contributed by atoms with E-state index in [0.717, 1.165) is 49.7 Å². The van der Waals surface area contributed by atoms with Crippen molar-refractivity contribution in [3.63, 3.8) is 0 Å². The Morgan fingerprint density at radius 1 is 0.525 bits per heavy atom. The molecule has 19 nitrogen and oxygen atoms in total. The van der Waals surface area contributed by atoms with Crippen LogP contribution in [0.4, 0.5) is 0 Å². The molecule has 0 aromatic heterocycles. The van der Waals surface area contributed by atoms with E-state index in [0.29, 0.717) is 64.2 Å². The first-order valence-electron chi connectivity index (χ1n) is 31.2. The minimum atomic E-state index is -0.939. The molecule has 3 spiro atoms. The Morgan fingerprint density at radius 2 is 1.20 bits per heavy atom. The van der Waals surface area contributed by atoms with Crippen LogP contribution in [-0.4, -0.2) is 192 Å². The Morgan fingerprint density at radius 3 is 2.05 bits per heavy atom. The number of rotatable bonds is 4. The van der Waals surface area contributed by atoms with Crippen molar-refractivity contribution in [3.05, 3.63) is 24.3 Å². The molecule has 12 bridgehead atoms. The summed E-state index contributed by atoms with van der Waals surface area (Å²) in [5.41, 5.74) is 2.15. The Balaban J connectivity index is 0.652. The largest absolute Gasteiger partial charge is 0.459 e. The molecule has 0 saturated carbocycles. The lowest BCUT2D eigenvalue weighted by Crippen LogP contribution is -2.62. The molecule has 16 rings (SSSR count). The fraction of sp³-hybridized carbons (Fsp3) is 0.902. The van der Waals surface area contributed by atoms with Gasteiger partial charge in [0.15, 0.2) is 17.4 Å². The predicted octanol–water partition coefficient (Wildman–Crippen LogP) is 5.52. The first-order chi connectivity index (χ1) is 38.5. The first kappa shape index (κ1) is 54.6. The number of fused-ring (bicyclic) bond motifs is 10. The van der Waals surface area contributed by atoms with Gasteiger partial charge in [0.05, 0.1) is 116 Å². The molecule has 19 heteroatoms. The third-order valence-electron chi connectivity index (χ3n) is 22.0. The lowest BCUT2D eigenvalue weighted by atomic mass is 9.78. The van der Waals surface area contributed by atoms with Crippen molar-refractivity contribution in [2.45, 2.75) is 314 Å². The standard InChI is InChI=1S/C61H86O19/c1-27-15-34-7-9-38-28(2)16-36(66-38)11-13-59-25-47-55(79-59)56-57(73-47)58(80-59)54-39(70-56)10-8-35(68-54)18-49(65)74-53-32(6)52-44(69-43(53)20-40(67-34)31(27)5)21-42-46(72-52)24-61(75-42)26-48-51(78-61)30(4)23-60(77-48)22-29(3)50-45(76-60)19-37(64)41(71-50)17-33(63)12-14-62/h27,29-30,32,34-48,50-58,62,64H,2,5,7-26H2,1,3-4,6H3/t27-,29+,30-,32-,34+,35-,36-,37+,38-,39-,40-,41-,42-,43+,44+,45+,46-,47-,48+,50-,51-,52+,53-,54+,55+,56+,57-,58+,59-,60+,61+/m1/s1. The molecule has 0 unspecified atom stereocenters. The number of aliphatic hydroxyl groups excluding tert-OH is 2. The van der Waals surface area contributed by atoms with E-state index in [9.17, 15) is 19.8 Å². The van der Waals surface area contributed by atoms with Crippen LogP contribution in [0.3, 0.4) is 0 Å². The highest BCUT2D eigenvalue weighted by Crippen LogP contribution is 2.58. The van der Waals surface area contributed by atoms with E-state index in [1.54, 1.807) is 0 Å². The highest BCUT2D eigenvalue weighted by molar-refractivity contribution is 5.79. The summed E-state index contributed by atoms with van der Waals surface area (Å²) < 4.78 is 104. The van der Waals surface area contributed by atoms with Crippen molar-refractivity contribution in [3.8, 4) is 0 Å². The van der Waals surface area contributed by atoms with Crippen LogP contribution in [0, 0.1) is 23.7 Å². The minimum absolute atomic E-state index is 0.0122. The van der Waals surface area contributed by atoms with Crippen molar-refractivity contribution in [2.24, 2.45) is 23.7 Å². The topological polar surface area (TPSA) is 213 Å².